The van der Waals surface area contributed by atoms with Gasteiger partial charge in [0, 0.05) is 18.0 Å². The van der Waals surface area contributed by atoms with Gasteiger partial charge in [0.2, 0.25) is 11.7 Å². The minimum Gasteiger partial charge on any atom is -0.339 e. The van der Waals surface area contributed by atoms with Gasteiger partial charge in [0.25, 0.3) is 0 Å². The number of hydrogen-bond acceptors (Lipinski definition) is 4. The standard InChI is InChI=1S/C14H15N3O/c1-2-4-10(5-3-1)12-16-13(18-17-12)11-8-14(11)6-7-15-9-14/h1-5,11,15H,6-9H2. The molecule has 1 aromatic carbocycles. The minimum atomic E-state index is 0.417. The summed E-state index contributed by atoms with van der Waals surface area (Å²) in [4.78, 5) is 4.56. The van der Waals surface area contributed by atoms with Crippen LogP contribution < -0.4 is 5.32 Å². The van der Waals surface area contributed by atoms with E-state index in [-0.39, 0.29) is 0 Å². The van der Waals surface area contributed by atoms with Crippen LogP contribution in [0.4, 0.5) is 0 Å². The van der Waals surface area contributed by atoms with Crippen molar-refractivity contribution in [2.75, 3.05) is 13.1 Å². The Morgan fingerprint density at radius 1 is 1.28 bits per heavy atom. The highest BCUT2D eigenvalue weighted by Gasteiger charge is 2.58. The monoisotopic (exact) mass is 241 g/mol. The summed E-state index contributed by atoms with van der Waals surface area (Å²) in [6.45, 7) is 2.22. The third-order valence-electron chi connectivity index (χ3n) is 4.24. The van der Waals surface area contributed by atoms with Crippen LogP contribution in [0.2, 0.25) is 0 Å². The second-order valence-corrected chi connectivity index (χ2v) is 5.37. The van der Waals surface area contributed by atoms with Gasteiger partial charge in [-0.05, 0) is 24.8 Å². The molecule has 0 bridgehead atoms. The highest BCUT2D eigenvalue weighted by Crippen LogP contribution is 2.62. The Hall–Kier alpha value is -1.68. The zero-order valence-electron chi connectivity index (χ0n) is 10.1. The Labute approximate surface area is 105 Å². The van der Waals surface area contributed by atoms with Crippen LogP contribution in [0.1, 0.15) is 24.7 Å². The lowest BCUT2D eigenvalue weighted by Gasteiger charge is -2.02. The van der Waals surface area contributed by atoms with Gasteiger partial charge in [0.15, 0.2) is 0 Å². The van der Waals surface area contributed by atoms with Gasteiger partial charge >= 0.3 is 0 Å². The van der Waals surface area contributed by atoms with E-state index in [0.717, 1.165) is 24.5 Å². The maximum Gasteiger partial charge on any atom is 0.230 e. The Morgan fingerprint density at radius 2 is 2.17 bits per heavy atom. The van der Waals surface area contributed by atoms with Crippen LogP contribution in [0, 0.1) is 5.41 Å². The van der Waals surface area contributed by atoms with E-state index in [0.29, 0.717) is 17.2 Å². The van der Waals surface area contributed by atoms with Crippen molar-refractivity contribution in [3.63, 3.8) is 0 Å². The molecule has 1 saturated heterocycles. The van der Waals surface area contributed by atoms with Crippen LogP contribution in [0.5, 0.6) is 0 Å². The first kappa shape index (κ1) is 10.3. The van der Waals surface area contributed by atoms with E-state index < -0.39 is 0 Å². The molecule has 4 nitrogen and oxygen atoms in total. The van der Waals surface area contributed by atoms with E-state index in [1.54, 1.807) is 0 Å². The Bertz CT molecular complexity index is 557. The van der Waals surface area contributed by atoms with Crippen LogP contribution >= 0.6 is 0 Å². The van der Waals surface area contributed by atoms with Crippen molar-refractivity contribution in [1.82, 2.24) is 15.5 Å². The first-order valence-electron chi connectivity index (χ1n) is 6.47. The molecule has 4 rings (SSSR count). The van der Waals surface area contributed by atoms with E-state index in [4.69, 9.17) is 4.52 Å². The molecule has 1 spiro atoms. The van der Waals surface area contributed by atoms with Gasteiger partial charge in [-0.15, -0.1) is 0 Å². The summed E-state index contributed by atoms with van der Waals surface area (Å²) in [7, 11) is 0. The highest BCUT2D eigenvalue weighted by atomic mass is 16.5. The summed E-state index contributed by atoms with van der Waals surface area (Å²) < 4.78 is 5.44. The van der Waals surface area contributed by atoms with E-state index in [1.807, 2.05) is 30.3 Å². The lowest BCUT2D eigenvalue weighted by Crippen LogP contribution is -2.10. The molecular weight excluding hydrogens is 226 g/mol. The van der Waals surface area contributed by atoms with Crippen molar-refractivity contribution in [3.05, 3.63) is 36.2 Å². The molecular formula is C14H15N3O. The summed E-state index contributed by atoms with van der Waals surface area (Å²) in [6, 6.07) is 9.99. The smallest absolute Gasteiger partial charge is 0.230 e. The molecule has 2 fully saturated rings. The van der Waals surface area contributed by atoms with Crippen LogP contribution in [-0.2, 0) is 0 Å². The van der Waals surface area contributed by atoms with E-state index in [2.05, 4.69) is 15.5 Å². The summed E-state index contributed by atoms with van der Waals surface area (Å²) >= 11 is 0. The fraction of sp³-hybridized carbons (Fsp3) is 0.429. The average molecular weight is 241 g/mol. The molecule has 2 atom stereocenters. The molecule has 1 aliphatic carbocycles. The quantitative estimate of drug-likeness (QED) is 0.875. The van der Waals surface area contributed by atoms with Crippen molar-refractivity contribution in [3.8, 4) is 11.4 Å². The average Bonchev–Trinajstić information content (AvgIpc) is 2.82. The van der Waals surface area contributed by atoms with Gasteiger partial charge in [0.1, 0.15) is 0 Å². The van der Waals surface area contributed by atoms with Gasteiger partial charge in [0.05, 0.1) is 0 Å². The van der Waals surface area contributed by atoms with Crippen molar-refractivity contribution in [1.29, 1.82) is 0 Å². The normalized spacial score (nSPS) is 29.9. The molecule has 2 aromatic rings. The molecule has 1 aromatic heterocycles. The summed E-state index contributed by atoms with van der Waals surface area (Å²) in [6.07, 6.45) is 2.43. The van der Waals surface area contributed by atoms with E-state index in [1.165, 1.54) is 12.8 Å². The fourth-order valence-electron chi connectivity index (χ4n) is 3.01. The molecule has 2 heterocycles. The van der Waals surface area contributed by atoms with Crippen LogP contribution in [0.25, 0.3) is 11.4 Å². The van der Waals surface area contributed by atoms with Gasteiger partial charge in [-0.1, -0.05) is 35.5 Å². The Morgan fingerprint density at radius 3 is 2.94 bits per heavy atom. The number of nitrogens with one attached hydrogen (secondary N) is 1. The van der Waals surface area contributed by atoms with Crippen molar-refractivity contribution >= 4 is 0 Å². The van der Waals surface area contributed by atoms with Crippen LogP contribution in [0.3, 0.4) is 0 Å². The second-order valence-electron chi connectivity index (χ2n) is 5.37. The maximum atomic E-state index is 5.44. The molecule has 0 radical (unpaired) electrons. The minimum absolute atomic E-state index is 0.417. The van der Waals surface area contributed by atoms with Crippen molar-refractivity contribution in [2.45, 2.75) is 18.8 Å². The first-order valence-corrected chi connectivity index (χ1v) is 6.47. The molecule has 0 amide bonds. The van der Waals surface area contributed by atoms with Crippen LogP contribution in [0.15, 0.2) is 34.9 Å². The summed E-state index contributed by atoms with van der Waals surface area (Å²) in [5.74, 6) is 1.99. The third kappa shape index (κ3) is 1.49. The number of rotatable bonds is 2. The SMILES string of the molecule is c1ccc(-c2noc(C3CC34CCNC4)n2)cc1. The number of hydrogen-bond donors (Lipinski definition) is 1. The molecule has 1 aliphatic heterocycles. The predicted molar refractivity (Wildman–Crippen MR) is 67.0 cm³/mol. The number of nitrogens with zero attached hydrogens (tertiary/aromatic N) is 2. The lowest BCUT2D eigenvalue weighted by molar-refractivity contribution is 0.364. The van der Waals surface area contributed by atoms with Crippen LogP contribution in [-0.4, -0.2) is 23.2 Å². The number of benzene rings is 1. The molecule has 92 valence electrons. The van der Waals surface area contributed by atoms with Crippen molar-refractivity contribution < 1.29 is 4.52 Å². The Kier molecular flexibility index (Phi) is 2.08. The molecule has 1 saturated carbocycles. The van der Waals surface area contributed by atoms with Gasteiger partial charge < -0.3 is 9.84 Å². The fourth-order valence-corrected chi connectivity index (χ4v) is 3.01. The molecule has 1 N–H and O–H groups in total. The van der Waals surface area contributed by atoms with Gasteiger partial charge in [-0.2, -0.15) is 4.98 Å². The van der Waals surface area contributed by atoms with E-state index >= 15 is 0 Å². The maximum absolute atomic E-state index is 5.44. The highest BCUT2D eigenvalue weighted by molar-refractivity contribution is 5.53. The largest absolute Gasteiger partial charge is 0.339 e. The third-order valence-corrected chi connectivity index (χ3v) is 4.24. The zero-order valence-corrected chi connectivity index (χ0v) is 10.1. The summed E-state index contributed by atoms with van der Waals surface area (Å²) in [5.41, 5.74) is 1.44. The van der Waals surface area contributed by atoms with Gasteiger partial charge in [-0.3, -0.25) is 0 Å². The van der Waals surface area contributed by atoms with E-state index in [9.17, 15) is 0 Å². The number of aromatic nitrogens is 2. The second kappa shape index (κ2) is 3.65. The predicted octanol–water partition coefficient (Wildman–Crippen LogP) is 2.20. The lowest BCUT2D eigenvalue weighted by atomic mass is 10.0. The molecule has 2 aliphatic rings. The summed E-state index contributed by atoms with van der Waals surface area (Å²) in [5, 5.41) is 7.52. The Balaban J connectivity index is 1.60. The van der Waals surface area contributed by atoms with Crippen molar-refractivity contribution in [2.24, 2.45) is 5.41 Å². The van der Waals surface area contributed by atoms with Gasteiger partial charge in [-0.25, -0.2) is 0 Å². The molecule has 2 unspecified atom stereocenters. The topological polar surface area (TPSA) is 51.0 Å². The molecule has 18 heavy (non-hydrogen) atoms. The molecule has 4 heteroatoms. The first-order chi connectivity index (χ1) is 8.87. The zero-order chi connectivity index (χ0) is 12.0.